The number of halogens is 1. The van der Waals surface area contributed by atoms with Crippen LogP contribution >= 0.6 is 11.6 Å². The Morgan fingerprint density at radius 3 is 2.15 bits per heavy atom. The van der Waals surface area contributed by atoms with Crippen molar-refractivity contribution in [3.05, 3.63) is 59.7 Å². The van der Waals surface area contributed by atoms with Crippen molar-refractivity contribution in [1.82, 2.24) is 5.32 Å². The smallest absolute Gasteiger partial charge is 0.407 e. The molecule has 0 radical (unpaired) electrons. The van der Waals surface area contributed by atoms with E-state index < -0.39 is 6.09 Å². The summed E-state index contributed by atoms with van der Waals surface area (Å²) in [6.07, 6.45) is 2.37. The number of hydrogen-bond acceptors (Lipinski definition) is 3. The Bertz CT molecular complexity index is 745. The zero-order chi connectivity index (χ0) is 18.4. The van der Waals surface area contributed by atoms with Crippen LogP contribution in [-0.2, 0) is 9.53 Å². The molecule has 0 atom stereocenters. The Kier molecular flexibility index (Phi) is 6.29. The average molecular weight is 372 g/mol. The van der Waals surface area contributed by atoms with Crippen LogP contribution in [0.15, 0.2) is 48.5 Å². The number of ether oxygens (including phenoxy) is 1. The van der Waals surface area contributed by atoms with Gasteiger partial charge in [0.1, 0.15) is 6.61 Å². The molecule has 1 amide bonds. The van der Waals surface area contributed by atoms with Gasteiger partial charge in [-0.25, -0.2) is 4.79 Å². The van der Waals surface area contributed by atoms with E-state index in [2.05, 4.69) is 29.6 Å². The summed E-state index contributed by atoms with van der Waals surface area (Å²) in [5.74, 6) is 0.0721. The minimum atomic E-state index is -0.403. The molecule has 1 aliphatic rings. The standard InChI is InChI=1S/C21H22ClNO3/c22-20(24)12-2-1-7-13-23-21(25)26-14-19-17-10-5-3-8-15(17)16-9-4-6-11-18(16)19/h3-6,8-11,19H,1-2,7,12-14H2,(H,23,25). The second-order valence-corrected chi connectivity index (χ2v) is 6.84. The maximum atomic E-state index is 12.0. The Hall–Kier alpha value is -2.33. The third-order valence-corrected chi connectivity index (χ3v) is 4.85. The van der Waals surface area contributed by atoms with Crippen LogP contribution in [0, 0.1) is 0 Å². The van der Waals surface area contributed by atoms with Crippen molar-refractivity contribution < 1.29 is 14.3 Å². The van der Waals surface area contributed by atoms with E-state index in [9.17, 15) is 9.59 Å². The molecule has 3 rings (SSSR count). The third kappa shape index (κ3) is 4.44. The van der Waals surface area contributed by atoms with Crippen molar-refractivity contribution in [2.45, 2.75) is 31.6 Å². The van der Waals surface area contributed by atoms with E-state index in [0.29, 0.717) is 19.6 Å². The van der Waals surface area contributed by atoms with E-state index in [1.165, 1.54) is 22.3 Å². The molecule has 0 heterocycles. The molecular weight excluding hydrogens is 350 g/mol. The molecule has 0 saturated carbocycles. The van der Waals surface area contributed by atoms with Gasteiger partial charge in [0.2, 0.25) is 5.24 Å². The van der Waals surface area contributed by atoms with Crippen LogP contribution in [0.5, 0.6) is 0 Å². The van der Waals surface area contributed by atoms with Crippen molar-refractivity contribution in [2.75, 3.05) is 13.2 Å². The van der Waals surface area contributed by atoms with Gasteiger partial charge in [-0.1, -0.05) is 55.0 Å². The Morgan fingerprint density at radius 1 is 0.923 bits per heavy atom. The van der Waals surface area contributed by atoms with Crippen molar-refractivity contribution >= 4 is 22.9 Å². The van der Waals surface area contributed by atoms with Gasteiger partial charge in [-0.05, 0) is 46.7 Å². The van der Waals surface area contributed by atoms with Gasteiger partial charge in [0.05, 0.1) is 0 Å². The summed E-state index contributed by atoms with van der Waals surface area (Å²) >= 11 is 5.29. The fraction of sp³-hybridized carbons (Fsp3) is 0.333. The first-order valence-electron chi connectivity index (χ1n) is 8.94. The molecule has 26 heavy (non-hydrogen) atoms. The topological polar surface area (TPSA) is 55.4 Å². The normalized spacial score (nSPS) is 12.3. The van der Waals surface area contributed by atoms with Crippen molar-refractivity contribution in [2.24, 2.45) is 0 Å². The lowest BCUT2D eigenvalue weighted by molar-refractivity contribution is -0.111. The van der Waals surface area contributed by atoms with Gasteiger partial charge in [-0.2, -0.15) is 0 Å². The molecule has 0 unspecified atom stereocenters. The number of carbonyl (C=O) groups is 2. The molecule has 2 aromatic rings. The predicted molar refractivity (Wildman–Crippen MR) is 102 cm³/mol. The van der Waals surface area contributed by atoms with Crippen LogP contribution in [0.3, 0.4) is 0 Å². The lowest BCUT2D eigenvalue weighted by Crippen LogP contribution is -2.27. The molecule has 1 N–H and O–H groups in total. The predicted octanol–water partition coefficient (Wildman–Crippen LogP) is 4.85. The number of rotatable bonds is 8. The highest BCUT2D eigenvalue weighted by Crippen LogP contribution is 2.44. The van der Waals surface area contributed by atoms with Crippen LogP contribution in [-0.4, -0.2) is 24.5 Å². The first kappa shape index (κ1) is 18.5. The number of alkyl carbamates (subject to hydrolysis) is 1. The minimum absolute atomic E-state index is 0.0721. The van der Waals surface area contributed by atoms with E-state index in [-0.39, 0.29) is 11.2 Å². The van der Waals surface area contributed by atoms with E-state index in [1.54, 1.807) is 0 Å². The first-order valence-corrected chi connectivity index (χ1v) is 9.32. The van der Waals surface area contributed by atoms with Gasteiger partial charge < -0.3 is 10.1 Å². The van der Waals surface area contributed by atoms with Crippen molar-refractivity contribution in [3.8, 4) is 11.1 Å². The van der Waals surface area contributed by atoms with Crippen molar-refractivity contribution in [3.63, 3.8) is 0 Å². The third-order valence-electron chi connectivity index (χ3n) is 4.66. The summed E-state index contributed by atoms with van der Waals surface area (Å²) in [7, 11) is 0. The highest BCUT2D eigenvalue weighted by molar-refractivity contribution is 6.63. The van der Waals surface area contributed by atoms with Crippen LogP contribution in [0.25, 0.3) is 11.1 Å². The maximum absolute atomic E-state index is 12.0. The summed E-state index contributed by atoms with van der Waals surface area (Å²) in [4.78, 5) is 22.6. The van der Waals surface area contributed by atoms with Gasteiger partial charge in [0, 0.05) is 18.9 Å². The van der Waals surface area contributed by atoms with E-state index in [4.69, 9.17) is 16.3 Å². The lowest BCUT2D eigenvalue weighted by atomic mass is 9.98. The molecule has 4 nitrogen and oxygen atoms in total. The van der Waals surface area contributed by atoms with Gasteiger partial charge in [0.15, 0.2) is 0 Å². The molecule has 0 spiro atoms. The maximum Gasteiger partial charge on any atom is 0.407 e. The number of nitrogens with one attached hydrogen (secondary N) is 1. The van der Waals surface area contributed by atoms with Crippen LogP contribution < -0.4 is 5.32 Å². The molecule has 0 fully saturated rings. The van der Waals surface area contributed by atoms with E-state index in [0.717, 1.165) is 19.3 Å². The second kappa shape index (κ2) is 8.86. The fourth-order valence-corrected chi connectivity index (χ4v) is 3.54. The summed E-state index contributed by atoms with van der Waals surface area (Å²) in [6.45, 7) is 0.855. The quantitative estimate of drug-likeness (QED) is 0.533. The molecule has 0 aromatic heterocycles. The monoisotopic (exact) mass is 371 g/mol. The van der Waals surface area contributed by atoms with E-state index in [1.807, 2.05) is 24.3 Å². The molecule has 1 aliphatic carbocycles. The van der Waals surface area contributed by atoms with Crippen molar-refractivity contribution in [1.29, 1.82) is 0 Å². The Balaban J connectivity index is 1.49. The molecule has 5 heteroatoms. The molecular formula is C21H22ClNO3. The zero-order valence-electron chi connectivity index (χ0n) is 14.5. The first-order chi connectivity index (χ1) is 12.7. The van der Waals surface area contributed by atoms with Crippen LogP contribution in [0.2, 0.25) is 0 Å². The number of benzene rings is 2. The summed E-state index contributed by atoms with van der Waals surface area (Å²) < 4.78 is 5.46. The fourth-order valence-electron chi connectivity index (χ4n) is 3.41. The van der Waals surface area contributed by atoms with Crippen LogP contribution in [0.4, 0.5) is 4.79 Å². The van der Waals surface area contributed by atoms with Gasteiger partial charge in [-0.15, -0.1) is 0 Å². The summed E-state index contributed by atoms with van der Waals surface area (Å²) in [6, 6.07) is 16.5. The van der Waals surface area contributed by atoms with Gasteiger partial charge >= 0.3 is 6.09 Å². The summed E-state index contributed by atoms with van der Waals surface area (Å²) in [5, 5.41) is 2.45. The van der Waals surface area contributed by atoms with Crippen LogP contribution in [0.1, 0.15) is 42.7 Å². The zero-order valence-corrected chi connectivity index (χ0v) is 15.3. The average Bonchev–Trinajstić information content (AvgIpc) is 2.96. The molecule has 2 aromatic carbocycles. The Labute approximate surface area is 158 Å². The van der Waals surface area contributed by atoms with E-state index >= 15 is 0 Å². The highest BCUT2D eigenvalue weighted by atomic mass is 35.5. The number of unbranched alkanes of at least 4 members (excludes halogenated alkanes) is 2. The molecule has 136 valence electrons. The number of hydrogen-bond donors (Lipinski definition) is 1. The number of fused-ring (bicyclic) bond motifs is 3. The summed E-state index contributed by atoms with van der Waals surface area (Å²) in [5.41, 5.74) is 4.83. The van der Waals surface area contributed by atoms with Gasteiger partial charge in [-0.3, -0.25) is 4.79 Å². The molecule has 0 bridgehead atoms. The molecule has 0 aliphatic heterocycles. The number of amides is 1. The van der Waals surface area contributed by atoms with Gasteiger partial charge in [0.25, 0.3) is 0 Å². The minimum Gasteiger partial charge on any atom is -0.449 e. The second-order valence-electron chi connectivity index (χ2n) is 6.42. The number of carbonyl (C=O) groups excluding carboxylic acids is 2. The molecule has 0 saturated heterocycles. The lowest BCUT2D eigenvalue weighted by Gasteiger charge is -2.14. The highest BCUT2D eigenvalue weighted by Gasteiger charge is 2.28. The largest absolute Gasteiger partial charge is 0.449 e. The SMILES string of the molecule is O=C(Cl)CCCCCNC(=O)OCC1c2ccccc2-c2ccccc21. The Morgan fingerprint density at radius 2 is 1.54 bits per heavy atom.